The number of hydrogen-bond acceptors (Lipinski definition) is 6. The van der Waals surface area contributed by atoms with E-state index in [0.29, 0.717) is 36.2 Å². The Labute approximate surface area is 138 Å². The number of fused-ring (bicyclic) bond motifs is 1. The molecule has 1 aliphatic heterocycles. The standard InChI is InChI=1S/C17H18N2O5/c20-13(11-3-4-14-16(7-11)23-6-5-22-14)9-18-17(21)12-8-15(24-19-12)10-1-2-10/h3-4,7-8,10,13,20H,1-2,5-6,9H2,(H,18,21)/t13-/m1/s1. The summed E-state index contributed by atoms with van der Waals surface area (Å²) >= 11 is 0. The van der Waals surface area contributed by atoms with Gasteiger partial charge in [0, 0.05) is 18.5 Å². The Hall–Kier alpha value is -2.54. The molecule has 1 saturated carbocycles. The molecule has 126 valence electrons. The van der Waals surface area contributed by atoms with Gasteiger partial charge in [0.25, 0.3) is 5.91 Å². The van der Waals surface area contributed by atoms with Crippen LogP contribution in [-0.4, -0.2) is 35.9 Å². The molecule has 1 fully saturated rings. The SMILES string of the molecule is O=C(NC[C@@H](O)c1ccc2c(c1)OCCO2)c1cc(C2CC2)on1. The van der Waals surface area contributed by atoms with Crippen molar-refractivity contribution in [1.29, 1.82) is 0 Å². The Balaban J connectivity index is 1.36. The number of ether oxygens (including phenoxy) is 2. The van der Waals surface area contributed by atoms with Crippen LogP contribution in [0.25, 0.3) is 0 Å². The second-order valence-corrected chi connectivity index (χ2v) is 6.02. The summed E-state index contributed by atoms with van der Waals surface area (Å²) in [7, 11) is 0. The minimum atomic E-state index is -0.848. The fourth-order valence-corrected chi connectivity index (χ4v) is 2.62. The van der Waals surface area contributed by atoms with E-state index in [1.807, 2.05) is 0 Å². The third-order valence-electron chi connectivity index (χ3n) is 4.15. The van der Waals surface area contributed by atoms with Crippen LogP contribution in [0.3, 0.4) is 0 Å². The number of benzene rings is 1. The summed E-state index contributed by atoms with van der Waals surface area (Å²) < 4.78 is 16.1. The maximum atomic E-state index is 12.1. The van der Waals surface area contributed by atoms with Crippen LogP contribution in [0.5, 0.6) is 11.5 Å². The number of nitrogens with one attached hydrogen (secondary N) is 1. The fourth-order valence-electron chi connectivity index (χ4n) is 2.62. The molecule has 4 rings (SSSR count). The maximum Gasteiger partial charge on any atom is 0.273 e. The fraction of sp³-hybridized carbons (Fsp3) is 0.412. The van der Waals surface area contributed by atoms with E-state index in [-0.39, 0.29) is 18.1 Å². The van der Waals surface area contributed by atoms with Crippen molar-refractivity contribution in [1.82, 2.24) is 10.5 Å². The highest BCUT2D eigenvalue weighted by Crippen LogP contribution is 2.40. The van der Waals surface area contributed by atoms with Gasteiger partial charge in [0.15, 0.2) is 17.2 Å². The van der Waals surface area contributed by atoms with Crippen LogP contribution in [0.4, 0.5) is 0 Å². The number of aliphatic hydroxyl groups excluding tert-OH is 1. The number of hydrogen-bond donors (Lipinski definition) is 2. The third-order valence-corrected chi connectivity index (χ3v) is 4.15. The van der Waals surface area contributed by atoms with Gasteiger partial charge in [-0.25, -0.2) is 0 Å². The average molecular weight is 330 g/mol. The summed E-state index contributed by atoms with van der Waals surface area (Å²) in [6.45, 7) is 1.08. The van der Waals surface area contributed by atoms with Crippen LogP contribution >= 0.6 is 0 Å². The van der Waals surface area contributed by atoms with Crippen molar-refractivity contribution in [2.24, 2.45) is 0 Å². The lowest BCUT2D eigenvalue weighted by Crippen LogP contribution is -2.28. The van der Waals surface area contributed by atoms with Crippen molar-refractivity contribution in [2.45, 2.75) is 24.9 Å². The van der Waals surface area contributed by atoms with Gasteiger partial charge in [-0.05, 0) is 30.5 Å². The molecule has 1 aromatic heterocycles. The summed E-state index contributed by atoms with van der Waals surface area (Å²) in [5.74, 6) is 2.07. The molecule has 2 aromatic rings. The highest BCUT2D eigenvalue weighted by atomic mass is 16.6. The van der Waals surface area contributed by atoms with E-state index in [4.69, 9.17) is 14.0 Å². The number of aliphatic hydroxyl groups is 1. The second kappa shape index (κ2) is 6.16. The van der Waals surface area contributed by atoms with Crippen molar-refractivity contribution in [3.63, 3.8) is 0 Å². The van der Waals surface area contributed by atoms with Crippen molar-refractivity contribution < 1.29 is 23.9 Å². The first-order chi connectivity index (χ1) is 11.7. The highest BCUT2D eigenvalue weighted by molar-refractivity contribution is 5.92. The smallest absolute Gasteiger partial charge is 0.273 e. The topological polar surface area (TPSA) is 93.8 Å². The predicted molar refractivity (Wildman–Crippen MR) is 83.2 cm³/mol. The molecule has 1 atom stereocenters. The monoisotopic (exact) mass is 330 g/mol. The average Bonchev–Trinajstić information content (AvgIpc) is 3.35. The Morgan fingerprint density at radius 1 is 1.25 bits per heavy atom. The van der Waals surface area contributed by atoms with Gasteiger partial charge in [-0.1, -0.05) is 11.2 Å². The molecule has 1 aromatic carbocycles. The minimum Gasteiger partial charge on any atom is -0.486 e. The van der Waals surface area contributed by atoms with Gasteiger partial charge in [-0.15, -0.1) is 0 Å². The number of nitrogens with zero attached hydrogens (tertiary/aromatic N) is 1. The molecular weight excluding hydrogens is 312 g/mol. The summed E-state index contributed by atoms with van der Waals surface area (Å²) in [6.07, 6.45) is 1.32. The molecule has 2 N–H and O–H groups in total. The van der Waals surface area contributed by atoms with Gasteiger partial charge < -0.3 is 24.4 Å². The van der Waals surface area contributed by atoms with Crippen LogP contribution in [-0.2, 0) is 0 Å². The van der Waals surface area contributed by atoms with E-state index in [2.05, 4.69) is 10.5 Å². The van der Waals surface area contributed by atoms with Crippen LogP contribution in [0.15, 0.2) is 28.8 Å². The van der Waals surface area contributed by atoms with E-state index in [9.17, 15) is 9.90 Å². The Bertz CT molecular complexity index is 753. The van der Waals surface area contributed by atoms with Crippen molar-refractivity contribution in [2.75, 3.05) is 19.8 Å². The molecule has 7 heteroatoms. The Morgan fingerprint density at radius 3 is 2.83 bits per heavy atom. The molecule has 0 saturated heterocycles. The van der Waals surface area contributed by atoms with Gasteiger partial charge in [-0.3, -0.25) is 4.79 Å². The lowest BCUT2D eigenvalue weighted by Gasteiger charge is -2.20. The first-order valence-electron chi connectivity index (χ1n) is 8.03. The Kier molecular flexibility index (Phi) is 3.86. The van der Waals surface area contributed by atoms with Gasteiger partial charge in [0.1, 0.15) is 19.0 Å². The highest BCUT2D eigenvalue weighted by Gasteiger charge is 2.29. The molecule has 2 heterocycles. The molecule has 0 radical (unpaired) electrons. The van der Waals surface area contributed by atoms with Gasteiger partial charge in [-0.2, -0.15) is 0 Å². The normalized spacial score (nSPS) is 17.4. The van der Waals surface area contributed by atoms with E-state index >= 15 is 0 Å². The van der Waals surface area contributed by atoms with E-state index < -0.39 is 6.10 Å². The number of rotatable bonds is 5. The van der Waals surface area contributed by atoms with Crippen LogP contribution in [0.2, 0.25) is 0 Å². The molecule has 1 amide bonds. The molecule has 24 heavy (non-hydrogen) atoms. The quantitative estimate of drug-likeness (QED) is 0.868. The maximum absolute atomic E-state index is 12.1. The second-order valence-electron chi connectivity index (χ2n) is 6.02. The largest absolute Gasteiger partial charge is 0.486 e. The van der Waals surface area contributed by atoms with Crippen molar-refractivity contribution in [3.8, 4) is 11.5 Å². The Morgan fingerprint density at radius 2 is 2.04 bits per heavy atom. The zero-order valence-corrected chi connectivity index (χ0v) is 13.0. The third kappa shape index (κ3) is 3.07. The van der Waals surface area contributed by atoms with Crippen LogP contribution < -0.4 is 14.8 Å². The number of carbonyl (C=O) groups is 1. The summed E-state index contributed by atoms with van der Waals surface area (Å²) in [6, 6.07) is 6.91. The molecule has 7 nitrogen and oxygen atoms in total. The van der Waals surface area contributed by atoms with Crippen molar-refractivity contribution in [3.05, 3.63) is 41.3 Å². The van der Waals surface area contributed by atoms with Gasteiger partial charge >= 0.3 is 0 Å². The lowest BCUT2D eigenvalue weighted by atomic mass is 10.1. The van der Waals surface area contributed by atoms with E-state index in [1.165, 1.54) is 0 Å². The van der Waals surface area contributed by atoms with Crippen LogP contribution in [0.1, 0.15) is 46.7 Å². The molecule has 1 aliphatic carbocycles. The summed E-state index contributed by atoms with van der Waals surface area (Å²) in [5, 5.41) is 16.7. The summed E-state index contributed by atoms with van der Waals surface area (Å²) in [4.78, 5) is 12.1. The zero-order chi connectivity index (χ0) is 16.5. The lowest BCUT2D eigenvalue weighted by molar-refractivity contribution is 0.0906. The van der Waals surface area contributed by atoms with E-state index in [0.717, 1.165) is 18.6 Å². The zero-order valence-electron chi connectivity index (χ0n) is 13.0. The van der Waals surface area contributed by atoms with Crippen LogP contribution in [0, 0.1) is 0 Å². The molecule has 0 spiro atoms. The number of aromatic nitrogens is 1. The van der Waals surface area contributed by atoms with Crippen molar-refractivity contribution >= 4 is 5.91 Å². The number of carbonyl (C=O) groups excluding carboxylic acids is 1. The molecule has 0 bridgehead atoms. The van der Waals surface area contributed by atoms with Gasteiger partial charge in [0.2, 0.25) is 0 Å². The first-order valence-corrected chi connectivity index (χ1v) is 8.03. The van der Waals surface area contributed by atoms with Gasteiger partial charge in [0.05, 0.1) is 6.10 Å². The number of amides is 1. The van der Waals surface area contributed by atoms with E-state index in [1.54, 1.807) is 24.3 Å². The minimum absolute atomic E-state index is 0.0735. The predicted octanol–water partition coefficient (Wildman–Crippen LogP) is 1.79. The molecule has 2 aliphatic rings. The molecular formula is C17H18N2O5. The summed E-state index contributed by atoms with van der Waals surface area (Å²) in [5.41, 5.74) is 0.893. The molecule has 0 unspecified atom stereocenters. The first kappa shape index (κ1) is 15.0.